The van der Waals surface area contributed by atoms with Crippen LogP contribution in [0.25, 0.3) is 0 Å². The molecule has 1 aromatic rings. The maximum Gasteiger partial charge on any atom is 0.248 e. The highest BCUT2D eigenvalue weighted by Gasteiger charge is 2.41. The van der Waals surface area contributed by atoms with Crippen molar-refractivity contribution in [2.75, 3.05) is 32.8 Å². The zero-order valence-electron chi connectivity index (χ0n) is 13.2. The molecule has 6 nitrogen and oxygen atoms in total. The normalized spacial score (nSPS) is 22.2. The standard InChI is InChI=1S/C16H24N4O2/c1-3-6-20-13-16(22-12-15(20)21)4-7-19(8-5-16)11-14-9-17-18(2)10-14/h3,9-10H,1,4-8,11-13H2,2H3. The van der Waals surface area contributed by atoms with Crippen molar-refractivity contribution in [1.82, 2.24) is 19.6 Å². The summed E-state index contributed by atoms with van der Waals surface area (Å²) in [5.41, 5.74) is 1.08. The quantitative estimate of drug-likeness (QED) is 0.772. The van der Waals surface area contributed by atoms with Gasteiger partial charge in [0.1, 0.15) is 6.61 Å². The van der Waals surface area contributed by atoms with Crippen LogP contribution in [0.4, 0.5) is 0 Å². The first-order valence-corrected chi connectivity index (χ1v) is 7.83. The van der Waals surface area contributed by atoms with Gasteiger partial charge in [-0.15, -0.1) is 6.58 Å². The lowest BCUT2D eigenvalue weighted by molar-refractivity contribution is -0.170. The fraction of sp³-hybridized carbons (Fsp3) is 0.625. The largest absolute Gasteiger partial charge is 0.363 e. The van der Waals surface area contributed by atoms with E-state index >= 15 is 0 Å². The Morgan fingerprint density at radius 3 is 2.86 bits per heavy atom. The first-order valence-electron chi connectivity index (χ1n) is 7.83. The molecule has 0 aliphatic carbocycles. The first kappa shape index (κ1) is 15.2. The monoisotopic (exact) mass is 304 g/mol. The van der Waals surface area contributed by atoms with Crippen LogP contribution in [-0.4, -0.2) is 63.9 Å². The fourth-order valence-electron chi connectivity index (χ4n) is 3.34. The highest BCUT2D eigenvalue weighted by molar-refractivity contribution is 5.78. The molecule has 0 radical (unpaired) electrons. The van der Waals surface area contributed by atoms with Crippen molar-refractivity contribution in [3.05, 3.63) is 30.6 Å². The number of hydrogen-bond acceptors (Lipinski definition) is 4. The molecule has 0 bridgehead atoms. The van der Waals surface area contributed by atoms with Crippen molar-refractivity contribution in [2.45, 2.75) is 25.0 Å². The van der Waals surface area contributed by atoms with Crippen LogP contribution in [0, 0.1) is 0 Å². The van der Waals surface area contributed by atoms with E-state index < -0.39 is 0 Å². The minimum Gasteiger partial charge on any atom is -0.363 e. The number of piperidine rings is 1. The summed E-state index contributed by atoms with van der Waals surface area (Å²) in [6.45, 7) is 8.16. The summed E-state index contributed by atoms with van der Waals surface area (Å²) in [4.78, 5) is 16.2. The highest BCUT2D eigenvalue weighted by atomic mass is 16.5. The van der Waals surface area contributed by atoms with Gasteiger partial charge in [0.25, 0.3) is 0 Å². The molecule has 120 valence electrons. The summed E-state index contributed by atoms with van der Waals surface area (Å²) in [7, 11) is 1.94. The molecule has 2 fully saturated rings. The van der Waals surface area contributed by atoms with E-state index in [1.54, 1.807) is 6.08 Å². The number of rotatable bonds is 4. The highest BCUT2D eigenvalue weighted by Crippen LogP contribution is 2.31. The maximum absolute atomic E-state index is 11.9. The van der Waals surface area contributed by atoms with Gasteiger partial charge in [0.15, 0.2) is 0 Å². The van der Waals surface area contributed by atoms with Crippen molar-refractivity contribution >= 4 is 5.91 Å². The van der Waals surface area contributed by atoms with Crippen molar-refractivity contribution in [3.63, 3.8) is 0 Å². The van der Waals surface area contributed by atoms with Gasteiger partial charge in [-0.1, -0.05) is 6.08 Å². The summed E-state index contributed by atoms with van der Waals surface area (Å²) < 4.78 is 7.77. The van der Waals surface area contributed by atoms with Gasteiger partial charge in [-0.3, -0.25) is 14.4 Å². The number of likely N-dealkylation sites (tertiary alicyclic amines) is 1. The number of morpholine rings is 1. The fourth-order valence-corrected chi connectivity index (χ4v) is 3.34. The Balaban J connectivity index is 1.56. The van der Waals surface area contributed by atoms with E-state index in [1.807, 2.05) is 22.8 Å². The zero-order valence-corrected chi connectivity index (χ0v) is 13.2. The third-order valence-corrected chi connectivity index (χ3v) is 4.61. The molecule has 0 unspecified atom stereocenters. The van der Waals surface area contributed by atoms with Gasteiger partial charge in [0.05, 0.1) is 18.3 Å². The van der Waals surface area contributed by atoms with E-state index in [-0.39, 0.29) is 18.1 Å². The van der Waals surface area contributed by atoms with Crippen molar-refractivity contribution in [3.8, 4) is 0 Å². The lowest BCUT2D eigenvalue weighted by Gasteiger charge is -2.46. The van der Waals surface area contributed by atoms with E-state index in [9.17, 15) is 4.79 Å². The van der Waals surface area contributed by atoms with Gasteiger partial charge in [-0.2, -0.15) is 5.10 Å². The summed E-state index contributed by atoms with van der Waals surface area (Å²) in [5, 5.41) is 4.22. The molecular formula is C16H24N4O2. The number of hydrogen-bond donors (Lipinski definition) is 0. The van der Waals surface area contributed by atoms with Crippen LogP contribution in [0.3, 0.4) is 0 Å². The van der Waals surface area contributed by atoms with E-state index in [4.69, 9.17) is 4.74 Å². The summed E-state index contributed by atoms with van der Waals surface area (Å²) in [6, 6.07) is 0. The predicted molar refractivity (Wildman–Crippen MR) is 83.2 cm³/mol. The lowest BCUT2D eigenvalue weighted by Crippen LogP contribution is -2.58. The van der Waals surface area contributed by atoms with E-state index in [0.717, 1.165) is 32.5 Å². The number of aromatic nitrogens is 2. The van der Waals surface area contributed by atoms with E-state index in [0.29, 0.717) is 13.1 Å². The SMILES string of the molecule is C=CCN1CC2(CCN(Cc3cnn(C)c3)CC2)OCC1=O. The van der Waals surface area contributed by atoms with Crippen LogP contribution in [0.5, 0.6) is 0 Å². The van der Waals surface area contributed by atoms with Crippen molar-refractivity contribution in [1.29, 1.82) is 0 Å². The Hall–Kier alpha value is -1.66. The number of aryl methyl sites for hydroxylation is 1. The lowest BCUT2D eigenvalue weighted by atomic mass is 9.89. The van der Waals surface area contributed by atoms with Crippen LogP contribution >= 0.6 is 0 Å². The van der Waals surface area contributed by atoms with Gasteiger partial charge in [-0.25, -0.2) is 0 Å². The minimum atomic E-state index is -0.164. The molecule has 22 heavy (non-hydrogen) atoms. The number of carbonyl (C=O) groups is 1. The topological polar surface area (TPSA) is 50.6 Å². The molecule has 2 aliphatic heterocycles. The smallest absolute Gasteiger partial charge is 0.248 e. The van der Waals surface area contributed by atoms with Gasteiger partial charge in [0.2, 0.25) is 5.91 Å². The Morgan fingerprint density at radius 2 is 2.23 bits per heavy atom. The number of carbonyl (C=O) groups excluding carboxylic acids is 1. The maximum atomic E-state index is 11.9. The molecule has 0 atom stereocenters. The average molecular weight is 304 g/mol. The van der Waals surface area contributed by atoms with Crippen LogP contribution in [0.2, 0.25) is 0 Å². The number of ether oxygens (including phenoxy) is 1. The van der Waals surface area contributed by atoms with Gasteiger partial charge in [-0.05, 0) is 12.8 Å². The first-order chi connectivity index (χ1) is 10.6. The molecule has 1 spiro atoms. The molecule has 2 aliphatic rings. The molecule has 1 aromatic heterocycles. The van der Waals surface area contributed by atoms with E-state index in [2.05, 4.69) is 22.8 Å². The van der Waals surface area contributed by atoms with Crippen molar-refractivity contribution < 1.29 is 9.53 Å². The molecule has 3 heterocycles. The molecular weight excluding hydrogens is 280 g/mol. The van der Waals surface area contributed by atoms with Crippen molar-refractivity contribution in [2.24, 2.45) is 7.05 Å². The summed E-state index contributed by atoms with van der Waals surface area (Å²) in [6.07, 6.45) is 7.70. The average Bonchev–Trinajstić information content (AvgIpc) is 2.91. The number of amides is 1. The molecule has 0 N–H and O–H groups in total. The molecule has 0 saturated carbocycles. The Morgan fingerprint density at radius 1 is 1.45 bits per heavy atom. The Labute approximate surface area is 131 Å². The molecule has 0 aromatic carbocycles. The second kappa shape index (κ2) is 6.22. The summed E-state index contributed by atoms with van der Waals surface area (Å²) in [5.74, 6) is 0.0725. The molecule has 3 rings (SSSR count). The van der Waals surface area contributed by atoms with Crippen LogP contribution in [0.1, 0.15) is 18.4 Å². The van der Waals surface area contributed by atoms with E-state index in [1.165, 1.54) is 5.56 Å². The second-order valence-corrected chi connectivity index (χ2v) is 6.33. The molecule has 2 saturated heterocycles. The van der Waals surface area contributed by atoms with Crippen LogP contribution in [-0.2, 0) is 23.1 Å². The third-order valence-electron chi connectivity index (χ3n) is 4.61. The van der Waals surface area contributed by atoms with Crippen LogP contribution < -0.4 is 0 Å². The second-order valence-electron chi connectivity index (χ2n) is 6.33. The predicted octanol–water partition coefficient (Wildman–Crippen LogP) is 0.799. The summed E-state index contributed by atoms with van der Waals surface area (Å²) >= 11 is 0. The number of nitrogens with zero attached hydrogens (tertiary/aromatic N) is 4. The van der Waals surface area contributed by atoms with Crippen LogP contribution in [0.15, 0.2) is 25.0 Å². The Kier molecular flexibility index (Phi) is 4.31. The Bertz CT molecular complexity index is 546. The zero-order chi connectivity index (χ0) is 15.6. The minimum absolute atomic E-state index is 0.0725. The van der Waals surface area contributed by atoms with Gasteiger partial charge in [0, 0.05) is 45.0 Å². The van der Waals surface area contributed by atoms with Gasteiger partial charge >= 0.3 is 0 Å². The van der Waals surface area contributed by atoms with Gasteiger partial charge < -0.3 is 9.64 Å². The molecule has 6 heteroatoms. The molecule has 1 amide bonds. The third kappa shape index (κ3) is 3.23.